The number of halogens is 2. The molecule has 4 nitrogen and oxygen atoms in total. The lowest BCUT2D eigenvalue weighted by atomic mass is 10.2. The number of benzene rings is 2. The lowest BCUT2D eigenvalue weighted by Crippen LogP contribution is -2.21. The topological polar surface area (TPSA) is 58.2 Å². The molecular weight excluding hydrogens is 307 g/mol. The minimum Gasteiger partial charge on any atom is -0.326 e. The third-order valence-electron chi connectivity index (χ3n) is 2.90. The average molecular weight is 321 g/mol. The van der Waals surface area contributed by atoms with Gasteiger partial charge >= 0.3 is 0 Å². The second-order valence-electron chi connectivity index (χ2n) is 4.74. The van der Waals surface area contributed by atoms with Crippen LogP contribution in [0.15, 0.2) is 42.5 Å². The summed E-state index contributed by atoms with van der Waals surface area (Å²) in [6, 6.07) is 10.6. The molecule has 0 fully saturated rings. The molecule has 2 aromatic carbocycles. The van der Waals surface area contributed by atoms with Gasteiger partial charge in [-0.1, -0.05) is 23.7 Å². The van der Waals surface area contributed by atoms with Crippen LogP contribution in [-0.2, 0) is 9.59 Å². The van der Waals surface area contributed by atoms with Crippen LogP contribution in [-0.4, -0.2) is 11.8 Å². The SMILES string of the molecule is Cc1ccc(Cl)cc1NC(=O)CC(=O)Nc1cccc(F)c1. The third kappa shape index (κ3) is 4.56. The van der Waals surface area contributed by atoms with Crippen molar-refractivity contribution in [3.05, 3.63) is 58.9 Å². The van der Waals surface area contributed by atoms with E-state index in [-0.39, 0.29) is 6.42 Å². The number of carbonyl (C=O) groups is 2. The Hall–Kier alpha value is -2.40. The van der Waals surface area contributed by atoms with E-state index in [0.29, 0.717) is 16.4 Å². The van der Waals surface area contributed by atoms with Crippen LogP contribution in [0.25, 0.3) is 0 Å². The number of aryl methyl sites for hydroxylation is 1. The molecule has 0 radical (unpaired) electrons. The van der Waals surface area contributed by atoms with E-state index in [1.54, 1.807) is 24.3 Å². The summed E-state index contributed by atoms with van der Waals surface area (Å²) in [7, 11) is 0. The molecule has 0 spiro atoms. The molecule has 2 rings (SSSR count). The van der Waals surface area contributed by atoms with Gasteiger partial charge in [0.25, 0.3) is 0 Å². The van der Waals surface area contributed by atoms with Crippen LogP contribution in [0.1, 0.15) is 12.0 Å². The van der Waals surface area contributed by atoms with E-state index >= 15 is 0 Å². The Kier molecular flexibility index (Phi) is 5.12. The first kappa shape index (κ1) is 16.0. The van der Waals surface area contributed by atoms with Crippen molar-refractivity contribution in [3.63, 3.8) is 0 Å². The molecule has 0 atom stereocenters. The minimum atomic E-state index is -0.525. The van der Waals surface area contributed by atoms with Gasteiger partial charge in [0.15, 0.2) is 0 Å². The van der Waals surface area contributed by atoms with Crippen molar-refractivity contribution in [1.82, 2.24) is 0 Å². The van der Waals surface area contributed by atoms with Crippen molar-refractivity contribution in [1.29, 1.82) is 0 Å². The number of anilines is 2. The molecule has 0 heterocycles. The fourth-order valence-electron chi connectivity index (χ4n) is 1.84. The number of carbonyl (C=O) groups excluding carboxylic acids is 2. The first-order chi connectivity index (χ1) is 10.4. The normalized spacial score (nSPS) is 10.1. The standard InChI is InChI=1S/C16H14ClFN2O2/c1-10-5-6-11(17)7-14(10)20-16(22)9-15(21)19-13-4-2-3-12(18)8-13/h2-8H,9H2,1H3,(H,19,21)(H,20,22). The van der Waals surface area contributed by atoms with Crippen molar-refractivity contribution >= 4 is 34.8 Å². The highest BCUT2D eigenvalue weighted by molar-refractivity contribution is 6.31. The lowest BCUT2D eigenvalue weighted by molar-refractivity contribution is -0.123. The van der Waals surface area contributed by atoms with Gasteiger partial charge in [0.05, 0.1) is 0 Å². The molecule has 0 aliphatic rings. The third-order valence-corrected chi connectivity index (χ3v) is 3.14. The van der Waals surface area contributed by atoms with Crippen molar-refractivity contribution in [3.8, 4) is 0 Å². The van der Waals surface area contributed by atoms with Gasteiger partial charge in [-0.25, -0.2) is 4.39 Å². The maximum Gasteiger partial charge on any atom is 0.233 e. The minimum absolute atomic E-state index is 0.303. The summed E-state index contributed by atoms with van der Waals surface area (Å²) in [6.45, 7) is 1.82. The van der Waals surface area contributed by atoms with Gasteiger partial charge in [0.2, 0.25) is 11.8 Å². The van der Waals surface area contributed by atoms with Crippen molar-refractivity contribution < 1.29 is 14.0 Å². The smallest absolute Gasteiger partial charge is 0.233 e. The van der Waals surface area contributed by atoms with E-state index in [2.05, 4.69) is 10.6 Å². The second kappa shape index (κ2) is 7.04. The van der Waals surface area contributed by atoms with Gasteiger partial charge in [-0.15, -0.1) is 0 Å². The molecule has 0 bridgehead atoms. The first-order valence-corrected chi connectivity index (χ1v) is 6.93. The van der Waals surface area contributed by atoms with E-state index < -0.39 is 17.6 Å². The summed E-state index contributed by atoms with van der Waals surface area (Å²) in [4.78, 5) is 23.6. The Morgan fingerprint density at radius 3 is 2.55 bits per heavy atom. The molecule has 0 aromatic heterocycles. The molecule has 0 aliphatic heterocycles. The highest BCUT2D eigenvalue weighted by Gasteiger charge is 2.11. The molecule has 0 saturated heterocycles. The molecular formula is C16H14ClFN2O2. The Balaban J connectivity index is 1.94. The summed E-state index contributed by atoms with van der Waals surface area (Å²) >= 11 is 5.86. The quantitative estimate of drug-likeness (QED) is 0.843. The van der Waals surface area contributed by atoms with Gasteiger partial charge in [-0.05, 0) is 42.8 Å². The summed E-state index contributed by atoms with van der Waals surface area (Å²) in [5.41, 5.74) is 1.69. The van der Waals surface area contributed by atoms with Gasteiger partial charge < -0.3 is 10.6 Å². The molecule has 0 unspecified atom stereocenters. The molecule has 2 N–H and O–H groups in total. The van der Waals surface area contributed by atoms with E-state index in [1.807, 2.05) is 6.92 Å². The highest BCUT2D eigenvalue weighted by atomic mass is 35.5. The molecule has 0 saturated carbocycles. The second-order valence-corrected chi connectivity index (χ2v) is 5.18. The van der Waals surface area contributed by atoms with Crippen LogP contribution < -0.4 is 10.6 Å². The number of hydrogen-bond donors (Lipinski definition) is 2. The lowest BCUT2D eigenvalue weighted by Gasteiger charge is -2.09. The zero-order valence-corrected chi connectivity index (χ0v) is 12.6. The van der Waals surface area contributed by atoms with Crippen LogP contribution in [0.4, 0.5) is 15.8 Å². The molecule has 114 valence electrons. The number of hydrogen-bond acceptors (Lipinski definition) is 2. The van der Waals surface area contributed by atoms with Crippen LogP contribution >= 0.6 is 11.6 Å². The Bertz CT molecular complexity index is 719. The Morgan fingerprint density at radius 1 is 1.09 bits per heavy atom. The van der Waals surface area contributed by atoms with Crippen LogP contribution in [0.2, 0.25) is 5.02 Å². The highest BCUT2D eigenvalue weighted by Crippen LogP contribution is 2.20. The van der Waals surface area contributed by atoms with Crippen molar-refractivity contribution in [2.24, 2.45) is 0 Å². The maximum atomic E-state index is 13.0. The fraction of sp³-hybridized carbons (Fsp3) is 0.125. The van der Waals surface area contributed by atoms with Gasteiger partial charge in [-0.3, -0.25) is 9.59 Å². The van der Waals surface area contributed by atoms with E-state index in [0.717, 1.165) is 5.56 Å². The van der Waals surface area contributed by atoms with E-state index in [4.69, 9.17) is 11.6 Å². The van der Waals surface area contributed by atoms with Crippen molar-refractivity contribution in [2.45, 2.75) is 13.3 Å². The first-order valence-electron chi connectivity index (χ1n) is 6.55. The van der Waals surface area contributed by atoms with Crippen LogP contribution in [0.3, 0.4) is 0 Å². The number of nitrogens with one attached hydrogen (secondary N) is 2. The predicted molar refractivity (Wildman–Crippen MR) is 84.5 cm³/mol. The molecule has 0 aliphatic carbocycles. The zero-order chi connectivity index (χ0) is 16.1. The van der Waals surface area contributed by atoms with Crippen molar-refractivity contribution in [2.75, 3.05) is 10.6 Å². The Labute approximate surface area is 132 Å². The average Bonchev–Trinajstić information content (AvgIpc) is 2.42. The van der Waals surface area contributed by atoms with Crippen LogP contribution in [0, 0.1) is 12.7 Å². The molecule has 6 heteroatoms. The summed E-state index contributed by atoms with van der Waals surface area (Å²) < 4.78 is 13.0. The maximum absolute atomic E-state index is 13.0. The molecule has 2 amide bonds. The number of rotatable bonds is 4. The van der Waals surface area contributed by atoms with Crippen LogP contribution in [0.5, 0.6) is 0 Å². The van der Waals surface area contributed by atoms with Gasteiger partial charge in [-0.2, -0.15) is 0 Å². The predicted octanol–water partition coefficient (Wildman–Crippen LogP) is 3.75. The monoisotopic (exact) mass is 320 g/mol. The Morgan fingerprint density at radius 2 is 1.82 bits per heavy atom. The van der Waals surface area contributed by atoms with Gasteiger partial charge in [0.1, 0.15) is 12.2 Å². The number of amides is 2. The summed E-state index contributed by atoms with van der Waals surface area (Å²) in [5.74, 6) is -1.46. The van der Waals surface area contributed by atoms with Gasteiger partial charge in [0, 0.05) is 16.4 Å². The fourth-order valence-corrected chi connectivity index (χ4v) is 2.01. The largest absolute Gasteiger partial charge is 0.326 e. The molecule has 22 heavy (non-hydrogen) atoms. The molecule has 2 aromatic rings. The van der Waals surface area contributed by atoms with E-state index in [1.165, 1.54) is 18.2 Å². The van der Waals surface area contributed by atoms with E-state index in [9.17, 15) is 14.0 Å². The summed E-state index contributed by atoms with van der Waals surface area (Å²) in [5, 5.41) is 5.57. The zero-order valence-electron chi connectivity index (χ0n) is 11.8. The summed E-state index contributed by atoms with van der Waals surface area (Å²) in [6.07, 6.45) is -0.373.